The van der Waals surface area contributed by atoms with Crippen LogP contribution in [-0.2, 0) is 4.79 Å². The third-order valence-electron chi connectivity index (χ3n) is 2.50. The molecule has 0 bridgehead atoms. The van der Waals surface area contributed by atoms with Gasteiger partial charge in [-0.3, -0.25) is 4.98 Å². The molecule has 98 valence electrons. The van der Waals surface area contributed by atoms with Gasteiger partial charge >= 0.3 is 11.7 Å². The molecule has 3 N–H and O–H groups in total. The number of rotatable bonds is 6. The van der Waals surface area contributed by atoms with Crippen LogP contribution >= 0.6 is 0 Å². The molecule has 0 saturated carbocycles. The molecule has 0 unspecified atom stereocenters. The number of hydrogen-bond donors (Lipinski definition) is 3. The second-order valence-corrected chi connectivity index (χ2v) is 4.05. The van der Waals surface area contributed by atoms with Crippen LogP contribution in [0.5, 0.6) is 0 Å². The number of aromatic amines is 2. The van der Waals surface area contributed by atoms with E-state index >= 15 is 0 Å². The van der Waals surface area contributed by atoms with Gasteiger partial charge in [0.2, 0.25) is 0 Å². The summed E-state index contributed by atoms with van der Waals surface area (Å²) < 4.78 is 0. The van der Waals surface area contributed by atoms with E-state index in [1.165, 1.54) is 12.8 Å². The third kappa shape index (κ3) is 4.89. The van der Waals surface area contributed by atoms with E-state index in [0.717, 1.165) is 25.3 Å². The quantitative estimate of drug-likeness (QED) is 0.507. The summed E-state index contributed by atoms with van der Waals surface area (Å²) >= 11 is 0. The molecule has 1 heterocycles. The number of unbranched alkanes of at least 4 members (excludes halogenated alkanes) is 4. The Balaban J connectivity index is 2.89. The molecule has 1 aromatic rings. The summed E-state index contributed by atoms with van der Waals surface area (Å²) in [5, 5.41) is 9.51. The minimum Gasteiger partial charge on any atom is -0.478 e. The summed E-state index contributed by atoms with van der Waals surface area (Å²) in [6, 6.07) is 0. The van der Waals surface area contributed by atoms with E-state index in [9.17, 15) is 9.59 Å². The predicted molar refractivity (Wildman–Crippen MR) is 69.5 cm³/mol. The molecule has 0 aromatic carbocycles. The number of carboxylic acid groups (broad SMARTS) is 1. The van der Waals surface area contributed by atoms with Crippen molar-refractivity contribution in [3.8, 4) is 0 Å². The molecule has 0 radical (unpaired) electrons. The van der Waals surface area contributed by atoms with Crippen LogP contribution < -0.4 is 16.4 Å². The number of aliphatic carboxylic acids is 1. The highest BCUT2D eigenvalue weighted by Crippen LogP contribution is 2.01. The van der Waals surface area contributed by atoms with Gasteiger partial charge in [-0.05, 0) is 12.8 Å². The van der Waals surface area contributed by atoms with Crippen molar-refractivity contribution >= 4 is 17.8 Å². The predicted octanol–water partition coefficient (Wildman–Crippen LogP) is 0.474. The highest BCUT2D eigenvalue weighted by Gasteiger charge is 1.91. The fraction of sp³-hybridized carbons (Fsp3) is 0.462. The van der Waals surface area contributed by atoms with Crippen molar-refractivity contribution in [2.45, 2.75) is 39.0 Å². The van der Waals surface area contributed by atoms with Crippen LogP contribution in [0, 0.1) is 0 Å². The largest absolute Gasteiger partial charge is 0.478 e. The van der Waals surface area contributed by atoms with E-state index in [1.807, 2.05) is 6.08 Å². The van der Waals surface area contributed by atoms with Gasteiger partial charge in [-0.25, -0.2) is 9.59 Å². The first-order chi connectivity index (χ1) is 8.63. The summed E-state index contributed by atoms with van der Waals surface area (Å²) in [7, 11) is 0. The average Bonchev–Trinajstić information content (AvgIpc) is 2.67. The lowest BCUT2D eigenvalue weighted by Crippen LogP contribution is -2.23. The molecular formula is C13H18N2O3. The maximum atomic E-state index is 11.2. The van der Waals surface area contributed by atoms with Crippen LogP contribution in [-0.4, -0.2) is 21.0 Å². The van der Waals surface area contributed by atoms with Crippen LogP contribution in [0.4, 0.5) is 0 Å². The Morgan fingerprint density at radius 2 is 2.11 bits per heavy atom. The van der Waals surface area contributed by atoms with E-state index in [4.69, 9.17) is 5.11 Å². The highest BCUT2D eigenvalue weighted by atomic mass is 16.4. The molecule has 5 heteroatoms. The summed E-state index contributed by atoms with van der Waals surface area (Å²) in [6.07, 6.45) is 8.24. The zero-order valence-electron chi connectivity index (χ0n) is 10.5. The van der Waals surface area contributed by atoms with Crippen molar-refractivity contribution in [3.63, 3.8) is 0 Å². The lowest BCUT2D eigenvalue weighted by Gasteiger charge is -1.92. The zero-order valence-corrected chi connectivity index (χ0v) is 10.5. The smallest absolute Gasteiger partial charge is 0.336 e. The zero-order chi connectivity index (χ0) is 13.4. The molecule has 5 nitrogen and oxygen atoms in total. The maximum Gasteiger partial charge on any atom is 0.336 e. The average molecular weight is 250 g/mol. The van der Waals surface area contributed by atoms with Crippen molar-refractivity contribution in [3.05, 3.63) is 27.3 Å². The van der Waals surface area contributed by atoms with Crippen molar-refractivity contribution in [1.82, 2.24) is 9.97 Å². The van der Waals surface area contributed by atoms with Crippen LogP contribution in [0.2, 0.25) is 0 Å². The van der Waals surface area contributed by atoms with Gasteiger partial charge in [0.25, 0.3) is 0 Å². The van der Waals surface area contributed by atoms with E-state index in [0.29, 0.717) is 10.7 Å². The second-order valence-electron chi connectivity index (χ2n) is 4.05. The molecule has 0 aliphatic heterocycles. The summed E-state index contributed by atoms with van der Waals surface area (Å²) in [4.78, 5) is 26.7. The molecule has 0 saturated heterocycles. The number of imidazole rings is 1. The molecule has 18 heavy (non-hydrogen) atoms. The first kappa shape index (κ1) is 14.1. The number of carbonyl (C=O) groups is 1. The van der Waals surface area contributed by atoms with Crippen molar-refractivity contribution in [1.29, 1.82) is 0 Å². The molecule has 1 aromatic heterocycles. The molecule has 0 fully saturated rings. The first-order valence-corrected chi connectivity index (χ1v) is 6.11. The van der Waals surface area contributed by atoms with E-state index < -0.39 is 5.97 Å². The minimum atomic E-state index is -1.09. The van der Waals surface area contributed by atoms with E-state index in [-0.39, 0.29) is 5.69 Å². The number of hydrogen-bond acceptors (Lipinski definition) is 2. The van der Waals surface area contributed by atoms with Crippen LogP contribution in [0.3, 0.4) is 0 Å². The minimum absolute atomic E-state index is 0.351. The molecule has 0 atom stereocenters. The van der Waals surface area contributed by atoms with E-state index in [2.05, 4.69) is 22.6 Å². The highest BCUT2D eigenvalue weighted by molar-refractivity contribution is 5.82. The number of nitrogens with one attached hydrogen (secondary N) is 2. The van der Waals surface area contributed by atoms with Gasteiger partial charge in [0.05, 0.1) is 11.4 Å². The number of aromatic nitrogens is 2. The topological polar surface area (TPSA) is 86.0 Å². The second kappa shape index (κ2) is 7.35. The Bertz CT molecular complexity index is 588. The Kier molecular flexibility index (Phi) is 5.74. The fourth-order valence-corrected chi connectivity index (χ4v) is 1.62. The van der Waals surface area contributed by atoms with Gasteiger partial charge < -0.3 is 10.1 Å². The Hall–Kier alpha value is -2.00. The van der Waals surface area contributed by atoms with E-state index in [1.54, 1.807) is 0 Å². The number of H-pyrrole nitrogens is 2. The Morgan fingerprint density at radius 1 is 1.33 bits per heavy atom. The lowest BCUT2D eigenvalue weighted by molar-refractivity contribution is -0.131. The first-order valence-electron chi connectivity index (χ1n) is 6.11. The third-order valence-corrected chi connectivity index (χ3v) is 2.50. The van der Waals surface area contributed by atoms with Crippen LogP contribution in [0.15, 0.2) is 10.9 Å². The SMILES string of the molecule is CCCCCCC=c1[nH]c(=O)[nH]c1=C=CC(=O)O. The van der Waals surface area contributed by atoms with Gasteiger partial charge in [-0.15, -0.1) is 0 Å². The monoisotopic (exact) mass is 250 g/mol. The van der Waals surface area contributed by atoms with Gasteiger partial charge in [0, 0.05) is 0 Å². The summed E-state index contributed by atoms with van der Waals surface area (Å²) in [5.41, 5.74) is 2.19. The van der Waals surface area contributed by atoms with Crippen molar-refractivity contribution < 1.29 is 9.90 Å². The van der Waals surface area contributed by atoms with Gasteiger partial charge in [-0.1, -0.05) is 38.0 Å². The molecular weight excluding hydrogens is 232 g/mol. The van der Waals surface area contributed by atoms with Crippen molar-refractivity contribution in [2.75, 3.05) is 0 Å². The molecule has 0 spiro atoms. The summed E-state index contributed by atoms with van der Waals surface area (Å²) in [6.45, 7) is 2.15. The van der Waals surface area contributed by atoms with Gasteiger partial charge in [0.1, 0.15) is 5.35 Å². The Labute approximate surface area is 105 Å². The lowest BCUT2D eigenvalue weighted by atomic mass is 10.1. The summed E-state index contributed by atoms with van der Waals surface area (Å²) in [5.74, 6) is -1.09. The van der Waals surface area contributed by atoms with Gasteiger partial charge in [0.15, 0.2) is 0 Å². The Morgan fingerprint density at radius 3 is 2.78 bits per heavy atom. The fourth-order valence-electron chi connectivity index (χ4n) is 1.62. The normalized spacial score (nSPS) is 11.3. The standard InChI is InChI=1S/C13H18N2O3/c1-2-3-4-5-6-7-10-11(8-9-12(16)17)15-13(18)14-10/h7,9H,2-6H2,1H3,(H,16,17)(H2,14,15,18). The van der Waals surface area contributed by atoms with Crippen LogP contribution in [0.1, 0.15) is 39.0 Å². The van der Waals surface area contributed by atoms with Gasteiger partial charge in [-0.2, -0.15) is 0 Å². The van der Waals surface area contributed by atoms with Crippen LogP contribution in [0.25, 0.3) is 11.8 Å². The molecule has 0 aliphatic carbocycles. The van der Waals surface area contributed by atoms with Crippen molar-refractivity contribution in [2.24, 2.45) is 0 Å². The molecule has 1 rings (SSSR count). The molecule has 0 amide bonds. The molecule has 0 aliphatic rings. The maximum absolute atomic E-state index is 11.2. The number of carboxylic acids is 1.